The van der Waals surface area contributed by atoms with Gasteiger partial charge in [0.25, 0.3) is 0 Å². The van der Waals surface area contributed by atoms with Crippen LogP contribution in [-0.2, 0) is 11.3 Å². The number of aromatic nitrogens is 2. The third-order valence-electron chi connectivity index (χ3n) is 4.53. The molecule has 1 fully saturated rings. The van der Waals surface area contributed by atoms with Crippen molar-refractivity contribution in [1.82, 2.24) is 9.97 Å². The average Bonchev–Trinajstić information content (AvgIpc) is 3.54. The maximum absolute atomic E-state index is 11.9. The van der Waals surface area contributed by atoms with E-state index in [0.29, 0.717) is 18.2 Å². The molecule has 6 heteroatoms. The molecule has 4 N–H and O–H groups in total. The molecule has 0 atom stereocenters. The third kappa shape index (κ3) is 4.23. The van der Waals surface area contributed by atoms with Gasteiger partial charge < -0.3 is 16.4 Å². The summed E-state index contributed by atoms with van der Waals surface area (Å²) in [5.41, 5.74) is 9.88. The SMILES string of the molecule is Nc1ncc(-c2ccccc2)cc1NCc1ccnc(NC(=O)C2CC2)c1. The lowest BCUT2D eigenvalue weighted by Gasteiger charge is -2.12. The Morgan fingerprint density at radius 1 is 1.07 bits per heavy atom. The summed E-state index contributed by atoms with van der Waals surface area (Å²) in [6.45, 7) is 0.555. The molecular weight excluding hydrogens is 338 g/mol. The van der Waals surface area contributed by atoms with E-state index in [1.165, 1.54) is 0 Å². The van der Waals surface area contributed by atoms with Crippen LogP contribution in [0.1, 0.15) is 18.4 Å². The van der Waals surface area contributed by atoms with Crippen LogP contribution in [0.15, 0.2) is 60.9 Å². The van der Waals surface area contributed by atoms with Gasteiger partial charge in [-0.15, -0.1) is 0 Å². The molecule has 0 unspecified atom stereocenters. The predicted molar refractivity (Wildman–Crippen MR) is 107 cm³/mol. The van der Waals surface area contributed by atoms with E-state index < -0.39 is 0 Å². The monoisotopic (exact) mass is 359 g/mol. The van der Waals surface area contributed by atoms with Crippen LogP contribution in [0.3, 0.4) is 0 Å². The zero-order chi connectivity index (χ0) is 18.6. The van der Waals surface area contributed by atoms with Gasteiger partial charge in [0.15, 0.2) is 0 Å². The number of nitrogens with one attached hydrogen (secondary N) is 2. The van der Waals surface area contributed by atoms with E-state index in [9.17, 15) is 4.79 Å². The van der Waals surface area contributed by atoms with Gasteiger partial charge in [0.2, 0.25) is 5.91 Å². The van der Waals surface area contributed by atoms with E-state index in [0.717, 1.165) is 35.2 Å². The number of rotatable bonds is 6. The van der Waals surface area contributed by atoms with Gasteiger partial charge in [-0.1, -0.05) is 30.3 Å². The predicted octanol–water partition coefficient (Wildman–Crippen LogP) is 3.69. The first-order valence-corrected chi connectivity index (χ1v) is 8.99. The van der Waals surface area contributed by atoms with Crippen LogP contribution in [0.5, 0.6) is 0 Å². The molecule has 0 saturated heterocycles. The molecule has 0 bridgehead atoms. The summed E-state index contributed by atoms with van der Waals surface area (Å²) < 4.78 is 0. The Hall–Kier alpha value is -3.41. The average molecular weight is 359 g/mol. The first-order valence-electron chi connectivity index (χ1n) is 8.99. The fourth-order valence-electron chi connectivity index (χ4n) is 2.83. The topological polar surface area (TPSA) is 92.9 Å². The Kier molecular flexibility index (Phi) is 4.70. The number of anilines is 3. The highest BCUT2D eigenvalue weighted by atomic mass is 16.2. The van der Waals surface area contributed by atoms with Gasteiger partial charge in [-0.25, -0.2) is 9.97 Å². The number of hydrogen-bond acceptors (Lipinski definition) is 5. The molecule has 1 amide bonds. The zero-order valence-electron chi connectivity index (χ0n) is 14.9. The zero-order valence-corrected chi connectivity index (χ0v) is 14.9. The molecule has 1 aliphatic rings. The van der Waals surface area contributed by atoms with Crippen molar-refractivity contribution >= 4 is 23.2 Å². The Bertz CT molecular complexity index is 954. The lowest BCUT2D eigenvalue weighted by atomic mass is 10.1. The van der Waals surface area contributed by atoms with Crippen molar-refractivity contribution in [2.45, 2.75) is 19.4 Å². The Morgan fingerprint density at radius 2 is 1.89 bits per heavy atom. The van der Waals surface area contributed by atoms with Gasteiger partial charge in [0, 0.05) is 30.4 Å². The number of nitrogens with zero attached hydrogens (tertiary/aromatic N) is 2. The van der Waals surface area contributed by atoms with E-state index >= 15 is 0 Å². The maximum atomic E-state index is 11.9. The van der Waals surface area contributed by atoms with Crippen molar-refractivity contribution in [3.8, 4) is 11.1 Å². The van der Waals surface area contributed by atoms with Gasteiger partial charge in [0.1, 0.15) is 11.6 Å². The number of pyridine rings is 2. The first kappa shape index (κ1) is 17.0. The standard InChI is InChI=1S/C21H21N5O/c22-20-18(11-17(13-25-20)15-4-2-1-3-5-15)24-12-14-8-9-23-19(10-14)26-21(27)16-6-7-16/h1-5,8-11,13,16,24H,6-7,12H2,(H2,22,25)(H,23,26,27). The van der Waals surface area contributed by atoms with Crippen LogP contribution in [0.25, 0.3) is 11.1 Å². The van der Waals surface area contributed by atoms with E-state index in [-0.39, 0.29) is 11.8 Å². The summed E-state index contributed by atoms with van der Waals surface area (Å²) in [5, 5.41) is 6.20. The molecule has 0 radical (unpaired) electrons. The summed E-state index contributed by atoms with van der Waals surface area (Å²) in [7, 11) is 0. The van der Waals surface area contributed by atoms with Crippen molar-refractivity contribution in [1.29, 1.82) is 0 Å². The van der Waals surface area contributed by atoms with Gasteiger partial charge in [-0.3, -0.25) is 4.79 Å². The number of carbonyl (C=O) groups is 1. The summed E-state index contributed by atoms with van der Waals surface area (Å²) >= 11 is 0. The molecule has 1 aromatic carbocycles. The molecule has 3 aromatic rings. The van der Waals surface area contributed by atoms with Crippen LogP contribution < -0.4 is 16.4 Å². The van der Waals surface area contributed by atoms with Crippen molar-refractivity contribution in [2.75, 3.05) is 16.4 Å². The fourth-order valence-corrected chi connectivity index (χ4v) is 2.83. The number of nitrogen functional groups attached to an aromatic ring is 1. The lowest BCUT2D eigenvalue weighted by Crippen LogP contribution is -2.14. The number of benzene rings is 1. The smallest absolute Gasteiger partial charge is 0.228 e. The van der Waals surface area contributed by atoms with E-state index in [2.05, 4.69) is 20.6 Å². The van der Waals surface area contributed by atoms with Crippen molar-refractivity contribution in [3.63, 3.8) is 0 Å². The second-order valence-corrected chi connectivity index (χ2v) is 6.69. The van der Waals surface area contributed by atoms with E-state index in [4.69, 9.17) is 5.73 Å². The van der Waals surface area contributed by atoms with Crippen molar-refractivity contribution in [3.05, 3.63) is 66.5 Å². The second kappa shape index (κ2) is 7.45. The summed E-state index contributed by atoms with van der Waals surface area (Å²) in [6, 6.07) is 15.8. The van der Waals surface area contributed by atoms with Crippen LogP contribution in [-0.4, -0.2) is 15.9 Å². The number of amides is 1. The molecule has 6 nitrogen and oxygen atoms in total. The minimum Gasteiger partial charge on any atom is -0.382 e. The quantitative estimate of drug-likeness (QED) is 0.624. The molecule has 136 valence electrons. The van der Waals surface area contributed by atoms with Gasteiger partial charge >= 0.3 is 0 Å². The molecule has 2 heterocycles. The van der Waals surface area contributed by atoms with Crippen LogP contribution in [0, 0.1) is 5.92 Å². The number of nitrogens with two attached hydrogens (primary N) is 1. The van der Waals surface area contributed by atoms with E-state index in [1.54, 1.807) is 12.4 Å². The van der Waals surface area contributed by atoms with Gasteiger partial charge in [0.05, 0.1) is 5.69 Å². The third-order valence-corrected chi connectivity index (χ3v) is 4.53. The fraction of sp³-hybridized carbons (Fsp3) is 0.190. The minimum absolute atomic E-state index is 0.0524. The summed E-state index contributed by atoms with van der Waals surface area (Å²) in [4.78, 5) is 20.4. The number of hydrogen-bond donors (Lipinski definition) is 3. The van der Waals surface area contributed by atoms with Crippen LogP contribution in [0.2, 0.25) is 0 Å². The number of carbonyl (C=O) groups excluding carboxylic acids is 1. The molecule has 1 aliphatic carbocycles. The molecule has 0 spiro atoms. The second-order valence-electron chi connectivity index (χ2n) is 6.69. The Morgan fingerprint density at radius 3 is 2.67 bits per heavy atom. The molecule has 4 rings (SSSR count). The molecular formula is C21H21N5O. The highest BCUT2D eigenvalue weighted by molar-refractivity contribution is 5.93. The molecule has 1 saturated carbocycles. The molecule has 2 aromatic heterocycles. The minimum atomic E-state index is 0.0524. The largest absolute Gasteiger partial charge is 0.382 e. The van der Waals surface area contributed by atoms with E-state index in [1.807, 2.05) is 48.5 Å². The summed E-state index contributed by atoms with van der Waals surface area (Å²) in [6.07, 6.45) is 5.41. The van der Waals surface area contributed by atoms with Gasteiger partial charge in [-0.05, 0) is 42.2 Å². The van der Waals surface area contributed by atoms with Crippen LogP contribution >= 0.6 is 0 Å². The van der Waals surface area contributed by atoms with Crippen molar-refractivity contribution in [2.24, 2.45) is 5.92 Å². The lowest BCUT2D eigenvalue weighted by molar-refractivity contribution is -0.117. The Labute approximate surface area is 157 Å². The van der Waals surface area contributed by atoms with Crippen LogP contribution in [0.4, 0.5) is 17.3 Å². The summed E-state index contributed by atoms with van der Waals surface area (Å²) in [5.74, 6) is 1.23. The normalized spacial score (nSPS) is 13.2. The first-order chi connectivity index (χ1) is 13.2. The van der Waals surface area contributed by atoms with Crippen molar-refractivity contribution < 1.29 is 4.79 Å². The highest BCUT2D eigenvalue weighted by Gasteiger charge is 2.29. The Balaban J connectivity index is 1.46. The highest BCUT2D eigenvalue weighted by Crippen LogP contribution is 2.30. The van der Waals surface area contributed by atoms with Gasteiger partial charge in [-0.2, -0.15) is 0 Å². The molecule has 27 heavy (non-hydrogen) atoms. The molecule has 0 aliphatic heterocycles. The maximum Gasteiger partial charge on any atom is 0.228 e.